The highest BCUT2D eigenvalue weighted by Gasteiger charge is 2.40. The second kappa shape index (κ2) is 4.21. The number of fused-ring (bicyclic) bond motifs is 1. The molecular formula is C14H15NO3. The van der Waals surface area contributed by atoms with Crippen LogP contribution in [-0.2, 0) is 11.2 Å². The lowest BCUT2D eigenvalue weighted by atomic mass is 9.96. The molecule has 2 aliphatic rings. The zero-order valence-corrected chi connectivity index (χ0v) is 10.0. The van der Waals surface area contributed by atoms with Crippen molar-refractivity contribution < 1.29 is 14.7 Å². The quantitative estimate of drug-likeness (QED) is 0.754. The molecule has 1 fully saturated rings. The predicted molar refractivity (Wildman–Crippen MR) is 65.0 cm³/mol. The molecule has 1 aromatic carbocycles. The van der Waals surface area contributed by atoms with Gasteiger partial charge in [-0.05, 0) is 30.9 Å². The van der Waals surface area contributed by atoms with Crippen LogP contribution in [0.15, 0.2) is 24.3 Å². The molecule has 1 N–H and O–H groups in total. The van der Waals surface area contributed by atoms with Gasteiger partial charge in [-0.25, -0.2) is 0 Å². The molecule has 0 bridgehead atoms. The summed E-state index contributed by atoms with van der Waals surface area (Å²) in [5.74, 6) is -0.447. The lowest BCUT2D eigenvalue weighted by Crippen LogP contribution is -2.51. The van der Waals surface area contributed by atoms with Crippen molar-refractivity contribution in [2.45, 2.75) is 37.8 Å². The molecule has 18 heavy (non-hydrogen) atoms. The lowest BCUT2D eigenvalue weighted by Gasteiger charge is -2.33. The standard InChI is InChI=1S/C14H15NO3/c16-12-7-3-6-11(12)15-13(17)8-9-4-1-2-5-10(9)14(15)18/h1-2,4-5,11-12,16H,3,6-8H2/t11-,12-/m0/s1. The van der Waals surface area contributed by atoms with Crippen LogP contribution in [0.3, 0.4) is 0 Å². The molecule has 3 rings (SSSR count). The summed E-state index contributed by atoms with van der Waals surface area (Å²) in [7, 11) is 0. The Bertz CT molecular complexity index is 512. The van der Waals surface area contributed by atoms with E-state index in [1.54, 1.807) is 12.1 Å². The van der Waals surface area contributed by atoms with Crippen molar-refractivity contribution in [2.24, 2.45) is 0 Å². The molecule has 0 saturated heterocycles. The number of amides is 2. The fourth-order valence-corrected chi connectivity index (χ4v) is 2.93. The summed E-state index contributed by atoms with van der Waals surface area (Å²) in [5, 5.41) is 9.88. The van der Waals surface area contributed by atoms with Crippen LogP contribution in [0.1, 0.15) is 35.2 Å². The highest BCUT2D eigenvalue weighted by Crippen LogP contribution is 2.29. The first-order valence-electron chi connectivity index (χ1n) is 6.31. The molecule has 0 spiro atoms. The third kappa shape index (κ3) is 1.64. The van der Waals surface area contributed by atoms with Crippen LogP contribution in [0.25, 0.3) is 0 Å². The molecule has 0 aromatic heterocycles. The summed E-state index contributed by atoms with van der Waals surface area (Å²) >= 11 is 0. The zero-order chi connectivity index (χ0) is 12.7. The summed E-state index contributed by atoms with van der Waals surface area (Å²) < 4.78 is 0. The monoisotopic (exact) mass is 245 g/mol. The van der Waals surface area contributed by atoms with Crippen molar-refractivity contribution in [2.75, 3.05) is 0 Å². The molecule has 1 aliphatic carbocycles. The van der Waals surface area contributed by atoms with Crippen LogP contribution in [0.2, 0.25) is 0 Å². The Balaban J connectivity index is 1.98. The van der Waals surface area contributed by atoms with E-state index in [1.807, 2.05) is 12.1 Å². The molecular weight excluding hydrogens is 230 g/mol. The van der Waals surface area contributed by atoms with Crippen molar-refractivity contribution >= 4 is 11.8 Å². The first-order valence-corrected chi connectivity index (χ1v) is 6.31. The molecule has 0 unspecified atom stereocenters. The number of imide groups is 1. The van der Waals surface area contributed by atoms with Crippen molar-refractivity contribution in [3.63, 3.8) is 0 Å². The second-order valence-corrected chi connectivity index (χ2v) is 4.97. The van der Waals surface area contributed by atoms with Crippen LogP contribution in [0.5, 0.6) is 0 Å². The highest BCUT2D eigenvalue weighted by molar-refractivity contribution is 6.10. The van der Waals surface area contributed by atoms with E-state index in [2.05, 4.69) is 0 Å². The lowest BCUT2D eigenvalue weighted by molar-refractivity contribution is -0.131. The molecule has 1 heterocycles. The third-order valence-electron chi connectivity index (χ3n) is 3.85. The minimum Gasteiger partial charge on any atom is -0.391 e. The number of nitrogens with zero attached hydrogens (tertiary/aromatic N) is 1. The van der Waals surface area contributed by atoms with E-state index in [0.717, 1.165) is 12.0 Å². The van der Waals surface area contributed by atoms with Gasteiger partial charge < -0.3 is 5.11 Å². The summed E-state index contributed by atoms with van der Waals surface area (Å²) in [5.41, 5.74) is 1.38. The van der Waals surface area contributed by atoms with E-state index in [4.69, 9.17) is 0 Å². The van der Waals surface area contributed by atoms with Gasteiger partial charge in [-0.2, -0.15) is 0 Å². The Morgan fingerprint density at radius 3 is 2.67 bits per heavy atom. The van der Waals surface area contributed by atoms with Crippen LogP contribution >= 0.6 is 0 Å². The van der Waals surface area contributed by atoms with Gasteiger partial charge in [-0.1, -0.05) is 18.2 Å². The number of aliphatic hydroxyl groups is 1. The molecule has 4 nitrogen and oxygen atoms in total. The SMILES string of the molecule is O=C1Cc2ccccc2C(=O)N1[C@H]1CCC[C@@H]1O. The fourth-order valence-electron chi connectivity index (χ4n) is 2.93. The molecule has 2 amide bonds. The normalized spacial score (nSPS) is 27.5. The number of aliphatic hydroxyl groups excluding tert-OH is 1. The van der Waals surface area contributed by atoms with Crippen molar-refractivity contribution in [1.82, 2.24) is 4.90 Å². The topological polar surface area (TPSA) is 57.6 Å². The highest BCUT2D eigenvalue weighted by atomic mass is 16.3. The number of carbonyl (C=O) groups is 2. The summed E-state index contributed by atoms with van der Waals surface area (Å²) in [6.45, 7) is 0. The van der Waals surface area contributed by atoms with Gasteiger partial charge in [0.2, 0.25) is 5.91 Å². The third-order valence-corrected chi connectivity index (χ3v) is 3.85. The Kier molecular flexibility index (Phi) is 2.67. The summed E-state index contributed by atoms with van der Waals surface area (Å²) in [6, 6.07) is 6.86. The van der Waals surface area contributed by atoms with E-state index in [-0.39, 0.29) is 24.3 Å². The van der Waals surface area contributed by atoms with Crippen LogP contribution in [0, 0.1) is 0 Å². The molecule has 4 heteroatoms. The van der Waals surface area contributed by atoms with Crippen molar-refractivity contribution in [3.05, 3.63) is 35.4 Å². The Hall–Kier alpha value is -1.68. The van der Waals surface area contributed by atoms with Gasteiger partial charge in [0, 0.05) is 5.56 Å². The van der Waals surface area contributed by atoms with E-state index >= 15 is 0 Å². The molecule has 94 valence electrons. The van der Waals surface area contributed by atoms with E-state index in [0.29, 0.717) is 18.4 Å². The van der Waals surface area contributed by atoms with Gasteiger partial charge in [0.25, 0.3) is 5.91 Å². The Morgan fingerprint density at radius 2 is 1.94 bits per heavy atom. The number of hydrogen-bond acceptors (Lipinski definition) is 3. The number of rotatable bonds is 1. The summed E-state index contributed by atoms with van der Waals surface area (Å²) in [6.07, 6.45) is 1.93. The average molecular weight is 245 g/mol. The van der Waals surface area contributed by atoms with Crippen LogP contribution < -0.4 is 0 Å². The van der Waals surface area contributed by atoms with Crippen molar-refractivity contribution in [3.8, 4) is 0 Å². The predicted octanol–water partition coefficient (Wildman–Crippen LogP) is 1.12. The number of benzene rings is 1. The van der Waals surface area contributed by atoms with Gasteiger partial charge in [-0.3, -0.25) is 14.5 Å². The number of hydrogen-bond donors (Lipinski definition) is 1. The van der Waals surface area contributed by atoms with Gasteiger partial charge in [0.1, 0.15) is 0 Å². The Morgan fingerprint density at radius 1 is 1.17 bits per heavy atom. The first-order chi connectivity index (χ1) is 8.68. The van der Waals surface area contributed by atoms with Gasteiger partial charge in [0.05, 0.1) is 18.6 Å². The number of carbonyl (C=O) groups excluding carboxylic acids is 2. The van der Waals surface area contributed by atoms with Gasteiger partial charge in [-0.15, -0.1) is 0 Å². The summed E-state index contributed by atoms with van der Waals surface area (Å²) in [4.78, 5) is 25.7. The van der Waals surface area contributed by atoms with E-state index in [9.17, 15) is 14.7 Å². The van der Waals surface area contributed by atoms with E-state index < -0.39 is 6.10 Å². The van der Waals surface area contributed by atoms with Gasteiger partial charge >= 0.3 is 0 Å². The average Bonchev–Trinajstić information content (AvgIpc) is 2.76. The maximum absolute atomic E-state index is 12.4. The second-order valence-electron chi connectivity index (χ2n) is 4.97. The maximum atomic E-state index is 12.4. The van der Waals surface area contributed by atoms with E-state index in [1.165, 1.54) is 4.90 Å². The fraction of sp³-hybridized carbons (Fsp3) is 0.429. The molecule has 1 aliphatic heterocycles. The smallest absolute Gasteiger partial charge is 0.261 e. The van der Waals surface area contributed by atoms with Gasteiger partial charge in [0.15, 0.2) is 0 Å². The van der Waals surface area contributed by atoms with Crippen molar-refractivity contribution in [1.29, 1.82) is 0 Å². The molecule has 2 atom stereocenters. The Labute approximate surface area is 105 Å². The minimum atomic E-state index is -0.567. The van der Waals surface area contributed by atoms with Crippen LogP contribution in [0.4, 0.5) is 0 Å². The zero-order valence-electron chi connectivity index (χ0n) is 10.0. The maximum Gasteiger partial charge on any atom is 0.261 e. The molecule has 1 aromatic rings. The van der Waals surface area contributed by atoms with Crippen LogP contribution in [-0.4, -0.2) is 34.0 Å². The largest absolute Gasteiger partial charge is 0.391 e. The first kappa shape index (κ1) is 11.4. The molecule has 0 radical (unpaired) electrons. The molecule has 1 saturated carbocycles. The minimum absolute atomic E-state index is 0.190.